The van der Waals surface area contributed by atoms with E-state index in [4.69, 9.17) is 0 Å². The molecular weight excluding hydrogens is 147 g/mol. The highest BCUT2D eigenvalue weighted by atomic mass is 27.1. The predicted molar refractivity (Wildman–Crippen MR) is 56.4 cm³/mol. The van der Waals surface area contributed by atoms with Crippen LogP contribution in [0.15, 0.2) is 0 Å². The third kappa shape index (κ3) is 10.5. The lowest BCUT2D eigenvalue weighted by Gasteiger charge is -2.22. The normalized spacial score (nSPS) is 13.3. The van der Waals surface area contributed by atoms with Crippen molar-refractivity contribution in [2.24, 2.45) is 10.8 Å². The second kappa shape index (κ2) is 3.97. The Bertz CT molecular complexity index is 94.0. The minimum Gasteiger partial charge on any atom is -0.0991 e. The third-order valence-electron chi connectivity index (χ3n) is 1.51. The summed E-state index contributed by atoms with van der Waals surface area (Å²) in [4.78, 5) is 0. The van der Waals surface area contributed by atoms with Gasteiger partial charge in [0.15, 0.2) is 0 Å². The fourth-order valence-corrected chi connectivity index (χ4v) is 2.81. The Morgan fingerprint density at radius 1 is 0.818 bits per heavy atom. The molecule has 1 heteroatoms. The second-order valence-electron chi connectivity index (χ2n) is 5.82. The van der Waals surface area contributed by atoms with E-state index in [2.05, 4.69) is 41.5 Å². The first-order valence-corrected chi connectivity index (χ1v) is 6.16. The molecule has 0 N–H and O–H groups in total. The van der Waals surface area contributed by atoms with E-state index in [1.807, 2.05) is 0 Å². The van der Waals surface area contributed by atoms with Crippen molar-refractivity contribution in [1.82, 2.24) is 0 Å². The Kier molecular flexibility index (Phi) is 4.16. The van der Waals surface area contributed by atoms with Gasteiger partial charge < -0.3 is 0 Å². The average Bonchev–Trinajstić information content (AvgIpc) is 1.55. The molecule has 0 heterocycles. The first kappa shape index (κ1) is 11.5. The van der Waals surface area contributed by atoms with Gasteiger partial charge in [0.1, 0.15) is 0 Å². The average molecular weight is 171 g/mol. The molecule has 11 heavy (non-hydrogen) atoms. The molecule has 0 atom stereocenters. The van der Waals surface area contributed by atoms with E-state index < -0.39 is 0 Å². The molecule has 0 bridgehead atoms. The van der Waals surface area contributed by atoms with E-state index in [-0.39, 0.29) is 1.43 Å². The second-order valence-corrected chi connectivity index (χ2v) is 7.21. The molecule has 0 saturated carbocycles. The van der Waals surface area contributed by atoms with E-state index in [1.54, 1.807) is 0 Å². The van der Waals surface area contributed by atoms with Crippen molar-refractivity contribution < 1.29 is 1.43 Å². The van der Waals surface area contributed by atoms with Crippen molar-refractivity contribution in [1.29, 1.82) is 0 Å². The standard InChI is InChI=1S/2C5H11.Al.H2/c2*1-5(2,3)4;;/h2*1H2,2-4H3;;1H. The van der Waals surface area contributed by atoms with Gasteiger partial charge in [0.05, 0.1) is 0 Å². The predicted octanol–water partition coefficient (Wildman–Crippen LogP) is 3.87. The van der Waals surface area contributed by atoms with Gasteiger partial charge in [-0.05, 0) is 0 Å². The zero-order valence-electron chi connectivity index (χ0n) is 8.99. The van der Waals surface area contributed by atoms with Crippen molar-refractivity contribution in [3.05, 3.63) is 0 Å². The Balaban J connectivity index is 0. The summed E-state index contributed by atoms with van der Waals surface area (Å²) in [5.41, 5.74) is 1.11. The van der Waals surface area contributed by atoms with E-state index in [0.717, 1.165) is 0 Å². The third-order valence-corrected chi connectivity index (χ3v) is 4.54. The Hall–Kier alpha value is 0.532. The SMILES string of the molecule is CC(C)(C)[CH2][Al][CH2]C(C)(C)C.[HH]. The zero-order valence-corrected chi connectivity index (χ0v) is 10.1. The minimum atomic E-state index is 0. The first-order chi connectivity index (χ1) is 4.71. The van der Waals surface area contributed by atoms with Gasteiger partial charge in [-0.1, -0.05) is 62.9 Å². The summed E-state index contributed by atoms with van der Waals surface area (Å²) < 4.78 is 0. The maximum Gasteiger partial charge on any atom is 0.201 e. The molecule has 0 amide bonds. The Labute approximate surface area is 80.0 Å². The van der Waals surface area contributed by atoms with Crippen molar-refractivity contribution >= 4 is 15.2 Å². The maximum absolute atomic E-state index is 2.34. The van der Waals surface area contributed by atoms with Gasteiger partial charge >= 0.3 is 0 Å². The van der Waals surface area contributed by atoms with Crippen LogP contribution in [0, 0.1) is 10.8 Å². The van der Waals surface area contributed by atoms with Gasteiger partial charge in [0, 0.05) is 1.43 Å². The van der Waals surface area contributed by atoms with E-state index in [0.29, 0.717) is 26.0 Å². The monoisotopic (exact) mass is 171 g/mol. The molecule has 0 nitrogen and oxygen atoms in total. The summed E-state index contributed by atoms with van der Waals surface area (Å²) in [6, 6.07) is 0. The van der Waals surface area contributed by atoms with Crippen LogP contribution in [0.3, 0.4) is 0 Å². The van der Waals surface area contributed by atoms with Crippen LogP contribution in [0.25, 0.3) is 0 Å². The van der Waals surface area contributed by atoms with Gasteiger partial charge in [-0.3, -0.25) is 0 Å². The number of hydrogen-bond donors (Lipinski definition) is 0. The summed E-state index contributed by atoms with van der Waals surface area (Å²) in [7, 11) is 0. The molecular formula is C10H24Al. The molecule has 0 rings (SSSR count). The van der Waals surface area contributed by atoms with E-state index >= 15 is 0 Å². The van der Waals surface area contributed by atoms with Crippen molar-refractivity contribution in [2.45, 2.75) is 52.1 Å². The smallest absolute Gasteiger partial charge is 0.0991 e. The summed E-state index contributed by atoms with van der Waals surface area (Å²) in [5.74, 6) is 0. The van der Waals surface area contributed by atoms with E-state index in [1.165, 1.54) is 10.6 Å². The zero-order chi connectivity index (χ0) is 9.12. The number of hydrogen-bond acceptors (Lipinski definition) is 0. The Morgan fingerprint density at radius 3 is 1.27 bits per heavy atom. The van der Waals surface area contributed by atoms with Crippen LogP contribution in [0.5, 0.6) is 0 Å². The lowest BCUT2D eigenvalue weighted by atomic mass is 10.00. The molecule has 0 aliphatic rings. The highest BCUT2D eigenvalue weighted by Gasteiger charge is 2.15. The van der Waals surface area contributed by atoms with Crippen molar-refractivity contribution in [3.8, 4) is 0 Å². The van der Waals surface area contributed by atoms with Gasteiger partial charge in [-0.2, -0.15) is 0 Å². The molecule has 0 fully saturated rings. The van der Waals surface area contributed by atoms with Crippen LogP contribution < -0.4 is 0 Å². The fourth-order valence-electron chi connectivity index (χ4n) is 0.938. The van der Waals surface area contributed by atoms with Gasteiger partial charge in [-0.15, -0.1) is 0 Å². The maximum atomic E-state index is 2.34. The summed E-state index contributed by atoms with van der Waals surface area (Å²) in [6.45, 7) is 14.0. The first-order valence-electron chi connectivity index (χ1n) is 4.52. The molecule has 0 unspecified atom stereocenters. The van der Waals surface area contributed by atoms with Crippen LogP contribution in [0.2, 0.25) is 10.6 Å². The lowest BCUT2D eigenvalue weighted by molar-refractivity contribution is 0.445. The summed E-state index contributed by atoms with van der Waals surface area (Å²) >= 11 is 0.669. The highest BCUT2D eigenvalue weighted by Crippen LogP contribution is 2.24. The van der Waals surface area contributed by atoms with Gasteiger partial charge in [0.25, 0.3) is 0 Å². The summed E-state index contributed by atoms with van der Waals surface area (Å²) in [6.07, 6.45) is 0. The molecule has 1 radical (unpaired) electrons. The van der Waals surface area contributed by atoms with Crippen LogP contribution >= 0.6 is 0 Å². The Morgan fingerprint density at radius 2 is 1.09 bits per heavy atom. The van der Waals surface area contributed by atoms with Crippen molar-refractivity contribution in [3.63, 3.8) is 0 Å². The van der Waals surface area contributed by atoms with E-state index in [9.17, 15) is 0 Å². The molecule has 0 spiro atoms. The van der Waals surface area contributed by atoms with Gasteiger partial charge in [-0.25, -0.2) is 0 Å². The molecule has 0 aromatic carbocycles. The molecule has 0 aromatic rings. The minimum absolute atomic E-state index is 0. The van der Waals surface area contributed by atoms with Crippen LogP contribution in [0.1, 0.15) is 43.0 Å². The molecule has 0 saturated heterocycles. The largest absolute Gasteiger partial charge is 0.201 e. The topological polar surface area (TPSA) is 0 Å². The molecule has 0 aliphatic heterocycles. The van der Waals surface area contributed by atoms with Crippen LogP contribution in [0.4, 0.5) is 0 Å². The molecule has 67 valence electrons. The molecule has 0 aliphatic carbocycles. The molecule has 0 aromatic heterocycles. The fraction of sp³-hybridized carbons (Fsp3) is 1.00. The van der Waals surface area contributed by atoms with Crippen LogP contribution in [-0.2, 0) is 0 Å². The van der Waals surface area contributed by atoms with Gasteiger partial charge in [0.2, 0.25) is 15.2 Å². The van der Waals surface area contributed by atoms with Crippen molar-refractivity contribution in [2.75, 3.05) is 0 Å². The lowest BCUT2D eigenvalue weighted by Crippen LogP contribution is -2.14. The number of rotatable bonds is 2. The quantitative estimate of drug-likeness (QED) is 0.553. The van der Waals surface area contributed by atoms with Crippen LogP contribution in [-0.4, -0.2) is 15.2 Å². The highest BCUT2D eigenvalue weighted by molar-refractivity contribution is 6.35. The summed E-state index contributed by atoms with van der Waals surface area (Å²) in [5, 5.41) is 2.87.